The number of aryl methyl sites for hydroxylation is 2. The Bertz CT molecular complexity index is 609. The lowest BCUT2D eigenvalue weighted by Crippen LogP contribution is -1.93. The van der Waals surface area contributed by atoms with Crippen molar-refractivity contribution in [3.63, 3.8) is 0 Å². The summed E-state index contributed by atoms with van der Waals surface area (Å²) in [6.45, 7) is 3.61. The number of halogens is 1. The molecule has 2 aromatic rings. The van der Waals surface area contributed by atoms with Crippen LogP contribution in [-0.4, -0.2) is 5.78 Å². The molecular weight excluding hydrogens is 248 g/mol. The molecule has 0 atom stereocenters. The molecule has 0 radical (unpaired) electrons. The van der Waals surface area contributed by atoms with Crippen LogP contribution >= 0.6 is 11.6 Å². The van der Waals surface area contributed by atoms with Crippen LogP contribution in [0.1, 0.15) is 27.4 Å². The highest BCUT2D eigenvalue weighted by Gasteiger charge is 2.10. The minimum Gasteiger partial charge on any atom is -0.466 e. The third-order valence-corrected chi connectivity index (χ3v) is 2.82. The molecule has 1 aromatic carbocycles. The van der Waals surface area contributed by atoms with Crippen molar-refractivity contribution in [2.45, 2.75) is 13.8 Å². The van der Waals surface area contributed by atoms with E-state index >= 15 is 0 Å². The number of furan rings is 1. The Balaban J connectivity index is 2.19. The van der Waals surface area contributed by atoms with Crippen LogP contribution in [0.15, 0.2) is 40.8 Å². The quantitative estimate of drug-likeness (QED) is 0.603. The van der Waals surface area contributed by atoms with Crippen LogP contribution in [0, 0.1) is 13.8 Å². The molecule has 0 N–H and O–H groups in total. The molecule has 2 rings (SSSR count). The summed E-state index contributed by atoms with van der Waals surface area (Å²) in [4.78, 5) is 12.0. The zero-order valence-electron chi connectivity index (χ0n) is 10.2. The maximum atomic E-state index is 12.0. The van der Waals surface area contributed by atoms with Gasteiger partial charge in [-0.25, -0.2) is 0 Å². The van der Waals surface area contributed by atoms with Gasteiger partial charge < -0.3 is 4.42 Å². The lowest BCUT2D eigenvalue weighted by Gasteiger charge is -1.94. The first-order valence-corrected chi connectivity index (χ1v) is 5.99. The lowest BCUT2D eigenvalue weighted by molar-refractivity contribution is 0.104. The molecule has 0 aliphatic carbocycles. The van der Waals surface area contributed by atoms with E-state index in [9.17, 15) is 4.79 Å². The summed E-state index contributed by atoms with van der Waals surface area (Å²) in [7, 11) is 0. The van der Waals surface area contributed by atoms with Gasteiger partial charge in [0.1, 0.15) is 11.5 Å². The number of rotatable bonds is 3. The molecule has 2 nitrogen and oxygen atoms in total. The van der Waals surface area contributed by atoms with E-state index in [0.29, 0.717) is 16.3 Å². The summed E-state index contributed by atoms with van der Waals surface area (Å²) in [6.07, 6.45) is 3.28. The van der Waals surface area contributed by atoms with Crippen molar-refractivity contribution in [1.82, 2.24) is 0 Å². The Morgan fingerprint density at radius 1 is 1.28 bits per heavy atom. The number of hydrogen-bond acceptors (Lipinski definition) is 2. The molecule has 0 bridgehead atoms. The Morgan fingerprint density at radius 2 is 2.06 bits per heavy atom. The summed E-state index contributed by atoms with van der Waals surface area (Å²) in [5.41, 5.74) is 1.50. The van der Waals surface area contributed by atoms with Crippen LogP contribution in [-0.2, 0) is 0 Å². The maximum absolute atomic E-state index is 12.0. The van der Waals surface area contributed by atoms with Crippen molar-refractivity contribution in [3.8, 4) is 0 Å². The van der Waals surface area contributed by atoms with Gasteiger partial charge in [-0.05, 0) is 43.7 Å². The number of ketones is 1. The zero-order chi connectivity index (χ0) is 13.1. The molecule has 92 valence electrons. The zero-order valence-corrected chi connectivity index (χ0v) is 11.0. The fraction of sp³-hybridized carbons (Fsp3) is 0.133. The van der Waals surface area contributed by atoms with Crippen molar-refractivity contribution in [1.29, 1.82) is 0 Å². The van der Waals surface area contributed by atoms with Crippen LogP contribution in [0.2, 0.25) is 5.02 Å². The van der Waals surface area contributed by atoms with Crippen LogP contribution in [0.4, 0.5) is 0 Å². The maximum Gasteiger partial charge on any atom is 0.189 e. The molecule has 0 spiro atoms. The van der Waals surface area contributed by atoms with E-state index in [1.807, 2.05) is 19.1 Å². The standard InChI is InChI=1S/C15H13ClO2/c1-10-8-14(11(2)18-10)15(17)7-6-12-4-3-5-13(16)9-12/h3-9H,1-2H3/b7-6+. The number of hydrogen-bond donors (Lipinski definition) is 0. The Kier molecular flexibility index (Phi) is 3.68. The fourth-order valence-corrected chi connectivity index (χ4v) is 1.95. The largest absolute Gasteiger partial charge is 0.466 e. The van der Waals surface area contributed by atoms with Crippen molar-refractivity contribution in [2.24, 2.45) is 0 Å². The summed E-state index contributed by atoms with van der Waals surface area (Å²) in [5.74, 6) is 1.32. The van der Waals surface area contributed by atoms with E-state index in [0.717, 1.165) is 11.3 Å². The highest BCUT2D eigenvalue weighted by atomic mass is 35.5. The van der Waals surface area contributed by atoms with Gasteiger partial charge in [0.15, 0.2) is 5.78 Å². The van der Waals surface area contributed by atoms with Gasteiger partial charge in [0.2, 0.25) is 0 Å². The van der Waals surface area contributed by atoms with Gasteiger partial charge in [0, 0.05) is 5.02 Å². The molecule has 0 saturated carbocycles. The van der Waals surface area contributed by atoms with Gasteiger partial charge in [0.05, 0.1) is 5.56 Å². The molecule has 3 heteroatoms. The fourth-order valence-electron chi connectivity index (χ4n) is 1.75. The lowest BCUT2D eigenvalue weighted by atomic mass is 10.1. The first kappa shape index (κ1) is 12.7. The van der Waals surface area contributed by atoms with Gasteiger partial charge >= 0.3 is 0 Å². The molecule has 0 fully saturated rings. The molecule has 0 amide bonds. The van der Waals surface area contributed by atoms with E-state index in [-0.39, 0.29) is 5.78 Å². The van der Waals surface area contributed by atoms with E-state index < -0.39 is 0 Å². The van der Waals surface area contributed by atoms with Crippen LogP contribution in [0.25, 0.3) is 6.08 Å². The molecule has 0 saturated heterocycles. The third-order valence-electron chi connectivity index (χ3n) is 2.58. The number of allylic oxidation sites excluding steroid dienone is 1. The Morgan fingerprint density at radius 3 is 2.67 bits per heavy atom. The average Bonchev–Trinajstić information content (AvgIpc) is 2.66. The molecule has 1 aromatic heterocycles. The topological polar surface area (TPSA) is 30.2 Å². The van der Waals surface area contributed by atoms with Crippen LogP contribution in [0.3, 0.4) is 0 Å². The highest BCUT2D eigenvalue weighted by Crippen LogP contribution is 2.16. The second-order valence-electron chi connectivity index (χ2n) is 4.08. The second kappa shape index (κ2) is 5.23. The number of carbonyl (C=O) groups excluding carboxylic acids is 1. The Labute approximate surface area is 111 Å². The normalized spacial score (nSPS) is 11.1. The van der Waals surface area contributed by atoms with Crippen LogP contribution < -0.4 is 0 Å². The molecular formula is C15H13ClO2. The number of benzene rings is 1. The van der Waals surface area contributed by atoms with Crippen molar-refractivity contribution < 1.29 is 9.21 Å². The van der Waals surface area contributed by atoms with Gasteiger partial charge in [-0.3, -0.25) is 4.79 Å². The summed E-state index contributed by atoms with van der Waals surface area (Å²) < 4.78 is 5.33. The van der Waals surface area contributed by atoms with Gasteiger partial charge in [-0.2, -0.15) is 0 Å². The van der Waals surface area contributed by atoms with Gasteiger partial charge in [0.25, 0.3) is 0 Å². The number of carbonyl (C=O) groups is 1. The molecule has 0 aliphatic rings. The van der Waals surface area contributed by atoms with E-state index in [1.54, 1.807) is 31.2 Å². The molecule has 0 aliphatic heterocycles. The highest BCUT2D eigenvalue weighted by molar-refractivity contribution is 6.30. The summed E-state index contributed by atoms with van der Waals surface area (Å²) in [5, 5.41) is 0.653. The minimum absolute atomic E-state index is 0.0654. The molecule has 18 heavy (non-hydrogen) atoms. The van der Waals surface area contributed by atoms with Crippen molar-refractivity contribution >= 4 is 23.5 Å². The van der Waals surface area contributed by atoms with E-state index in [1.165, 1.54) is 6.08 Å². The van der Waals surface area contributed by atoms with Gasteiger partial charge in [-0.15, -0.1) is 0 Å². The summed E-state index contributed by atoms with van der Waals surface area (Å²) in [6, 6.07) is 9.09. The molecule has 0 unspecified atom stereocenters. The van der Waals surface area contributed by atoms with Gasteiger partial charge in [-0.1, -0.05) is 29.8 Å². The third kappa shape index (κ3) is 2.90. The monoisotopic (exact) mass is 260 g/mol. The smallest absolute Gasteiger partial charge is 0.189 e. The Hall–Kier alpha value is -1.80. The second-order valence-corrected chi connectivity index (χ2v) is 4.52. The minimum atomic E-state index is -0.0654. The van der Waals surface area contributed by atoms with Crippen molar-refractivity contribution in [2.75, 3.05) is 0 Å². The SMILES string of the molecule is Cc1cc(C(=O)/C=C/c2cccc(Cl)c2)c(C)o1. The van der Waals surface area contributed by atoms with Crippen LogP contribution in [0.5, 0.6) is 0 Å². The molecule has 1 heterocycles. The van der Waals surface area contributed by atoms with E-state index in [4.69, 9.17) is 16.0 Å². The first-order chi connectivity index (χ1) is 8.56. The summed E-state index contributed by atoms with van der Waals surface area (Å²) >= 11 is 5.87. The predicted octanol–water partition coefficient (Wildman–Crippen LogP) is 4.45. The average molecular weight is 261 g/mol. The predicted molar refractivity (Wildman–Crippen MR) is 73.0 cm³/mol. The van der Waals surface area contributed by atoms with E-state index in [2.05, 4.69) is 0 Å². The van der Waals surface area contributed by atoms with Crippen molar-refractivity contribution in [3.05, 3.63) is 64.1 Å². The first-order valence-electron chi connectivity index (χ1n) is 5.61.